The van der Waals surface area contributed by atoms with E-state index in [1.165, 1.54) is 0 Å². The van der Waals surface area contributed by atoms with Gasteiger partial charge in [0.2, 0.25) is 0 Å². The lowest BCUT2D eigenvalue weighted by atomic mass is 9.89. The van der Waals surface area contributed by atoms with Crippen LogP contribution in [0.5, 0.6) is 5.75 Å². The summed E-state index contributed by atoms with van der Waals surface area (Å²) in [5.41, 5.74) is 8.37. The Balaban J connectivity index is 2.29. The number of anilines is 1. The molecule has 2 N–H and O–H groups in total. The van der Waals surface area contributed by atoms with Crippen molar-refractivity contribution in [3.8, 4) is 5.75 Å². The first-order valence-electron chi connectivity index (χ1n) is 8.45. The minimum absolute atomic E-state index is 0.00704. The van der Waals surface area contributed by atoms with Crippen LogP contribution in [-0.4, -0.2) is 44.6 Å². The van der Waals surface area contributed by atoms with Gasteiger partial charge in [0.15, 0.2) is 6.61 Å². The molecular formula is C18H29N3O2. The van der Waals surface area contributed by atoms with Crippen LogP contribution >= 0.6 is 0 Å². The summed E-state index contributed by atoms with van der Waals surface area (Å²) in [5, 5.41) is 0. The summed E-state index contributed by atoms with van der Waals surface area (Å²) in [7, 11) is 4.01. The van der Waals surface area contributed by atoms with Gasteiger partial charge in [-0.05, 0) is 37.7 Å². The van der Waals surface area contributed by atoms with Gasteiger partial charge < -0.3 is 20.3 Å². The summed E-state index contributed by atoms with van der Waals surface area (Å²) in [6.45, 7) is 5.92. The average molecular weight is 319 g/mol. The van der Waals surface area contributed by atoms with Crippen LogP contribution in [0.2, 0.25) is 0 Å². The van der Waals surface area contributed by atoms with Crippen molar-refractivity contribution < 1.29 is 9.53 Å². The number of hydrogen-bond acceptors (Lipinski definition) is 4. The number of hydrogen-bond donors (Lipinski definition) is 1. The average Bonchev–Trinajstić information content (AvgIpc) is 2.54. The lowest BCUT2D eigenvalue weighted by Crippen LogP contribution is -2.42. The Morgan fingerprint density at radius 3 is 2.61 bits per heavy atom. The van der Waals surface area contributed by atoms with Crippen LogP contribution in [-0.2, 0) is 4.79 Å². The molecule has 1 aromatic carbocycles. The van der Waals surface area contributed by atoms with E-state index in [0.717, 1.165) is 36.4 Å². The van der Waals surface area contributed by atoms with Crippen LogP contribution in [0.3, 0.4) is 0 Å². The number of carbonyl (C=O) groups excluding carboxylic acids is 1. The van der Waals surface area contributed by atoms with Crippen LogP contribution in [0.1, 0.15) is 38.3 Å². The van der Waals surface area contributed by atoms with Crippen molar-refractivity contribution in [2.45, 2.75) is 32.7 Å². The van der Waals surface area contributed by atoms with Gasteiger partial charge in [0, 0.05) is 19.1 Å². The largest absolute Gasteiger partial charge is 0.482 e. The van der Waals surface area contributed by atoms with Gasteiger partial charge in [-0.1, -0.05) is 32.8 Å². The third-order valence-corrected chi connectivity index (χ3v) is 4.64. The van der Waals surface area contributed by atoms with E-state index in [0.29, 0.717) is 12.5 Å². The molecule has 5 heteroatoms. The Hall–Kier alpha value is -1.59. The summed E-state index contributed by atoms with van der Waals surface area (Å²) in [6, 6.07) is 6.00. The van der Waals surface area contributed by atoms with Gasteiger partial charge in [0.05, 0.1) is 5.69 Å². The number of nitrogens with two attached hydrogens (primary N) is 1. The van der Waals surface area contributed by atoms with E-state index in [-0.39, 0.29) is 18.6 Å². The lowest BCUT2D eigenvalue weighted by molar-refractivity contribution is -0.121. The van der Waals surface area contributed by atoms with Gasteiger partial charge in [-0.15, -0.1) is 0 Å². The highest BCUT2D eigenvalue weighted by Gasteiger charge is 2.27. The third-order valence-electron chi connectivity index (χ3n) is 4.64. The number of benzene rings is 1. The molecule has 0 aromatic heterocycles. The molecule has 1 atom stereocenters. The van der Waals surface area contributed by atoms with Crippen LogP contribution in [0.4, 0.5) is 5.69 Å². The molecule has 5 nitrogen and oxygen atoms in total. The minimum Gasteiger partial charge on any atom is -0.482 e. The second-order valence-electron chi connectivity index (χ2n) is 6.47. The normalized spacial score (nSPS) is 15.8. The SMILES string of the molecule is CCC(CC)C(N)c1ccc2c(c1)N(CCN(C)C)C(=O)CO2. The van der Waals surface area contributed by atoms with Crippen molar-refractivity contribution in [3.05, 3.63) is 23.8 Å². The Morgan fingerprint density at radius 2 is 2.00 bits per heavy atom. The summed E-state index contributed by atoms with van der Waals surface area (Å²) in [5.74, 6) is 1.22. The van der Waals surface area contributed by atoms with E-state index in [9.17, 15) is 4.79 Å². The molecule has 0 saturated carbocycles. The van der Waals surface area contributed by atoms with Gasteiger partial charge in [0.25, 0.3) is 5.91 Å². The fourth-order valence-electron chi connectivity index (χ4n) is 3.04. The van der Waals surface area contributed by atoms with Crippen molar-refractivity contribution in [2.24, 2.45) is 11.7 Å². The van der Waals surface area contributed by atoms with E-state index in [1.807, 2.05) is 37.2 Å². The maximum Gasteiger partial charge on any atom is 0.265 e. The molecule has 23 heavy (non-hydrogen) atoms. The number of fused-ring (bicyclic) bond motifs is 1. The van der Waals surface area contributed by atoms with E-state index < -0.39 is 0 Å². The van der Waals surface area contributed by atoms with Crippen LogP contribution in [0, 0.1) is 5.92 Å². The number of rotatable bonds is 7. The molecule has 0 bridgehead atoms. The monoisotopic (exact) mass is 319 g/mol. The molecular weight excluding hydrogens is 290 g/mol. The molecule has 1 unspecified atom stereocenters. The first-order chi connectivity index (χ1) is 11.0. The number of likely N-dealkylation sites (N-methyl/N-ethyl adjacent to an activating group) is 1. The first kappa shape index (κ1) is 17.8. The van der Waals surface area contributed by atoms with E-state index in [4.69, 9.17) is 10.5 Å². The highest BCUT2D eigenvalue weighted by atomic mass is 16.5. The third kappa shape index (κ3) is 4.03. The van der Waals surface area contributed by atoms with Crippen molar-refractivity contribution in [1.29, 1.82) is 0 Å². The fraction of sp³-hybridized carbons (Fsp3) is 0.611. The summed E-state index contributed by atoms with van der Waals surface area (Å²) in [4.78, 5) is 16.1. The number of ether oxygens (including phenoxy) is 1. The molecule has 0 aliphatic carbocycles. The molecule has 1 amide bonds. The maximum absolute atomic E-state index is 12.2. The van der Waals surface area contributed by atoms with Crippen LogP contribution < -0.4 is 15.4 Å². The van der Waals surface area contributed by atoms with Crippen molar-refractivity contribution >= 4 is 11.6 Å². The number of carbonyl (C=O) groups is 1. The van der Waals surface area contributed by atoms with Gasteiger partial charge >= 0.3 is 0 Å². The summed E-state index contributed by atoms with van der Waals surface area (Å²) < 4.78 is 5.58. The number of nitrogens with zero attached hydrogens (tertiary/aromatic N) is 2. The van der Waals surface area contributed by atoms with Gasteiger partial charge in [0.1, 0.15) is 5.75 Å². The topological polar surface area (TPSA) is 58.8 Å². The zero-order chi connectivity index (χ0) is 17.0. The van der Waals surface area contributed by atoms with Gasteiger partial charge in [-0.3, -0.25) is 4.79 Å². The minimum atomic E-state index is -0.0111. The molecule has 0 spiro atoms. The summed E-state index contributed by atoms with van der Waals surface area (Å²) >= 11 is 0. The van der Waals surface area contributed by atoms with E-state index >= 15 is 0 Å². The highest BCUT2D eigenvalue weighted by Crippen LogP contribution is 2.36. The Kier molecular flexibility index (Phi) is 6.02. The smallest absolute Gasteiger partial charge is 0.265 e. The van der Waals surface area contributed by atoms with Gasteiger partial charge in [-0.2, -0.15) is 0 Å². The fourth-order valence-corrected chi connectivity index (χ4v) is 3.04. The van der Waals surface area contributed by atoms with Crippen molar-refractivity contribution in [3.63, 3.8) is 0 Å². The molecule has 2 rings (SSSR count). The highest BCUT2D eigenvalue weighted by molar-refractivity contribution is 5.97. The predicted octanol–water partition coefficient (Wildman–Crippen LogP) is 2.41. The van der Waals surface area contributed by atoms with Crippen molar-refractivity contribution in [1.82, 2.24) is 4.90 Å². The molecule has 128 valence electrons. The second-order valence-corrected chi connectivity index (χ2v) is 6.47. The zero-order valence-corrected chi connectivity index (χ0v) is 14.7. The molecule has 1 heterocycles. The molecule has 0 saturated heterocycles. The molecule has 0 fully saturated rings. The second kappa shape index (κ2) is 7.79. The predicted molar refractivity (Wildman–Crippen MR) is 93.8 cm³/mol. The Labute approximate surface area is 139 Å². The Bertz CT molecular complexity index is 541. The zero-order valence-electron chi connectivity index (χ0n) is 14.7. The van der Waals surface area contributed by atoms with E-state index in [2.05, 4.69) is 18.7 Å². The molecule has 0 radical (unpaired) electrons. The quantitative estimate of drug-likeness (QED) is 0.838. The Morgan fingerprint density at radius 1 is 1.30 bits per heavy atom. The van der Waals surface area contributed by atoms with Crippen LogP contribution in [0.15, 0.2) is 18.2 Å². The standard InChI is InChI=1S/C18H29N3O2/c1-5-13(6-2)18(19)14-7-8-16-15(11-14)21(10-9-20(3)4)17(22)12-23-16/h7-8,11,13,18H,5-6,9-10,12,19H2,1-4H3. The molecule has 1 aliphatic rings. The maximum atomic E-state index is 12.2. The van der Waals surface area contributed by atoms with Crippen LogP contribution in [0.25, 0.3) is 0 Å². The first-order valence-corrected chi connectivity index (χ1v) is 8.45. The number of amides is 1. The molecule has 1 aliphatic heterocycles. The molecule has 1 aromatic rings. The van der Waals surface area contributed by atoms with Gasteiger partial charge in [-0.25, -0.2) is 0 Å². The lowest BCUT2D eigenvalue weighted by Gasteiger charge is -2.31. The van der Waals surface area contributed by atoms with E-state index in [1.54, 1.807) is 0 Å². The summed E-state index contributed by atoms with van der Waals surface area (Å²) in [6.07, 6.45) is 2.10. The van der Waals surface area contributed by atoms with Crippen molar-refractivity contribution in [2.75, 3.05) is 38.7 Å².